The van der Waals surface area contributed by atoms with Crippen molar-refractivity contribution in [2.75, 3.05) is 18.4 Å². The minimum Gasteiger partial charge on any atom is -0.481 e. The van der Waals surface area contributed by atoms with Crippen molar-refractivity contribution in [1.29, 1.82) is 0 Å². The Morgan fingerprint density at radius 1 is 1.00 bits per heavy atom. The number of carbonyl (C=O) groups excluding carboxylic acids is 2. The van der Waals surface area contributed by atoms with Gasteiger partial charge in [-0.2, -0.15) is 0 Å². The molecule has 6 heteroatoms. The molecule has 1 aromatic rings. The van der Waals surface area contributed by atoms with Gasteiger partial charge in [-0.3, -0.25) is 14.4 Å². The Kier molecular flexibility index (Phi) is 5.94. The lowest BCUT2D eigenvalue weighted by molar-refractivity contribution is -0.146. The number of likely N-dealkylation sites (tertiary alicyclic amines) is 1. The lowest BCUT2D eigenvalue weighted by Gasteiger charge is -2.30. The fraction of sp³-hybridized carbons (Fsp3) is 0.476. The number of amides is 2. The molecule has 1 fully saturated rings. The van der Waals surface area contributed by atoms with Crippen LogP contribution in [-0.2, 0) is 9.59 Å². The van der Waals surface area contributed by atoms with Gasteiger partial charge in [-0.15, -0.1) is 0 Å². The fourth-order valence-electron chi connectivity index (χ4n) is 3.70. The minimum absolute atomic E-state index is 0.0168. The Balaban J connectivity index is 1.62. The molecule has 1 aliphatic carbocycles. The maximum Gasteiger partial charge on any atom is 0.307 e. The second-order valence-corrected chi connectivity index (χ2v) is 7.54. The van der Waals surface area contributed by atoms with Crippen molar-refractivity contribution >= 4 is 23.5 Å². The average molecular weight is 370 g/mol. The first-order valence-corrected chi connectivity index (χ1v) is 9.53. The van der Waals surface area contributed by atoms with Crippen LogP contribution in [0.15, 0.2) is 36.4 Å². The van der Waals surface area contributed by atoms with Gasteiger partial charge in [0.05, 0.1) is 11.8 Å². The average Bonchev–Trinajstić information content (AvgIpc) is 2.68. The zero-order valence-corrected chi connectivity index (χ0v) is 15.6. The number of benzene rings is 1. The van der Waals surface area contributed by atoms with E-state index in [0.29, 0.717) is 30.0 Å². The van der Waals surface area contributed by atoms with E-state index < -0.39 is 17.8 Å². The van der Waals surface area contributed by atoms with E-state index >= 15 is 0 Å². The summed E-state index contributed by atoms with van der Waals surface area (Å²) < 4.78 is 0. The third kappa shape index (κ3) is 4.56. The largest absolute Gasteiger partial charge is 0.481 e. The Bertz CT molecular complexity index is 733. The van der Waals surface area contributed by atoms with Crippen molar-refractivity contribution in [2.24, 2.45) is 17.8 Å². The third-order valence-electron chi connectivity index (χ3n) is 5.56. The standard InChI is InChI=1S/C21H26N2O4/c1-14-10-12-23(13-11-14)20(25)15-6-8-16(9-7-15)22-19(24)17-4-2-3-5-18(17)21(26)27/h2-3,6-9,14,17-18H,4-5,10-13H2,1H3,(H,22,24)(H,26,27)/t17-,18+/m0/s1. The van der Waals surface area contributed by atoms with Crippen molar-refractivity contribution in [2.45, 2.75) is 32.6 Å². The van der Waals surface area contributed by atoms with E-state index in [2.05, 4.69) is 12.2 Å². The maximum absolute atomic E-state index is 12.6. The van der Waals surface area contributed by atoms with Gasteiger partial charge in [-0.1, -0.05) is 19.1 Å². The number of hydrogen-bond donors (Lipinski definition) is 2. The number of carboxylic acids is 1. The summed E-state index contributed by atoms with van der Waals surface area (Å²) >= 11 is 0. The molecule has 2 aliphatic rings. The van der Waals surface area contributed by atoms with Crippen molar-refractivity contribution in [3.05, 3.63) is 42.0 Å². The predicted octanol–water partition coefficient (Wildman–Crippen LogP) is 3.16. The van der Waals surface area contributed by atoms with Crippen LogP contribution in [0.1, 0.15) is 43.0 Å². The van der Waals surface area contributed by atoms with Crippen molar-refractivity contribution in [3.63, 3.8) is 0 Å². The van der Waals surface area contributed by atoms with Crippen molar-refractivity contribution in [1.82, 2.24) is 4.90 Å². The summed E-state index contributed by atoms with van der Waals surface area (Å²) in [5, 5.41) is 12.1. The van der Waals surface area contributed by atoms with Gasteiger partial charge in [0, 0.05) is 24.3 Å². The van der Waals surface area contributed by atoms with E-state index in [4.69, 9.17) is 0 Å². The Hall–Kier alpha value is -2.63. The second-order valence-electron chi connectivity index (χ2n) is 7.54. The topological polar surface area (TPSA) is 86.7 Å². The first kappa shape index (κ1) is 19.1. The van der Waals surface area contributed by atoms with Gasteiger partial charge in [0.15, 0.2) is 0 Å². The second kappa shape index (κ2) is 8.37. The SMILES string of the molecule is CC1CCN(C(=O)c2ccc(NC(=O)[C@H]3CC=CC[C@H]3C(=O)O)cc2)CC1. The smallest absolute Gasteiger partial charge is 0.307 e. The van der Waals surface area contributed by atoms with E-state index in [1.54, 1.807) is 24.3 Å². The van der Waals surface area contributed by atoms with Gasteiger partial charge < -0.3 is 15.3 Å². The van der Waals surface area contributed by atoms with E-state index in [0.717, 1.165) is 25.9 Å². The summed E-state index contributed by atoms with van der Waals surface area (Å²) in [6, 6.07) is 6.83. The number of allylic oxidation sites excluding steroid dienone is 2. The summed E-state index contributed by atoms with van der Waals surface area (Å²) in [4.78, 5) is 38.3. The molecular weight excluding hydrogens is 344 g/mol. The van der Waals surface area contributed by atoms with Gasteiger partial charge in [0.1, 0.15) is 0 Å². The molecule has 1 aromatic carbocycles. The van der Waals surface area contributed by atoms with Gasteiger partial charge in [-0.05, 0) is 55.9 Å². The van der Waals surface area contributed by atoms with E-state index in [-0.39, 0.29) is 11.8 Å². The van der Waals surface area contributed by atoms with Crippen molar-refractivity contribution in [3.8, 4) is 0 Å². The molecule has 0 unspecified atom stereocenters. The number of aliphatic carboxylic acids is 1. The van der Waals surface area contributed by atoms with Crippen LogP contribution in [0.2, 0.25) is 0 Å². The minimum atomic E-state index is -0.948. The van der Waals surface area contributed by atoms with E-state index in [1.165, 1.54) is 0 Å². The van der Waals surface area contributed by atoms with Crippen LogP contribution in [0.4, 0.5) is 5.69 Å². The molecule has 1 saturated heterocycles. The molecule has 0 radical (unpaired) electrons. The van der Waals surface area contributed by atoms with Crippen LogP contribution in [-0.4, -0.2) is 40.9 Å². The van der Waals surface area contributed by atoms with Crippen LogP contribution in [0.3, 0.4) is 0 Å². The highest BCUT2D eigenvalue weighted by atomic mass is 16.4. The van der Waals surface area contributed by atoms with Gasteiger partial charge in [-0.25, -0.2) is 0 Å². The monoisotopic (exact) mass is 370 g/mol. The number of carboxylic acid groups (broad SMARTS) is 1. The zero-order chi connectivity index (χ0) is 19.4. The quantitative estimate of drug-likeness (QED) is 0.797. The van der Waals surface area contributed by atoms with Crippen LogP contribution in [0.5, 0.6) is 0 Å². The Morgan fingerprint density at radius 3 is 2.19 bits per heavy atom. The van der Waals surface area contributed by atoms with Gasteiger partial charge in [0.25, 0.3) is 5.91 Å². The molecular formula is C21H26N2O4. The summed E-state index contributed by atoms with van der Waals surface area (Å²) in [7, 11) is 0. The number of piperidine rings is 1. The number of carbonyl (C=O) groups is 3. The molecule has 2 atom stereocenters. The van der Waals surface area contributed by atoms with Gasteiger partial charge in [0.2, 0.25) is 5.91 Å². The van der Waals surface area contributed by atoms with Gasteiger partial charge >= 0.3 is 5.97 Å². The summed E-state index contributed by atoms with van der Waals surface area (Å²) in [6.45, 7) is 3.77. The first-order valence-electron chi connectivity index (χ1n) is 9.53. The lowest BCUT2D eigenvalue weighted by atomic mass is 9.82. The van der Waals surface area contributed by atoms with Crippen LogP contribution in [0.25, 0.3) is 0 Å². The normalized spacial score (nSPS) is 23.1. The van der Waals surface area contributed by atoms with Crippen LogP contribution >= 0.6 is 0 Å². The molecule has 0 bridgehead atoms. The molecule has 6 nitrogen and oxygen atoms in total. The number of nitrogens with zero attached hydrogens (tertiary/aromatic N) is 1. The maximum atomic E-state index is 12.6. The molecule has 2 N–H and O–H groups in total. The van der Waals surface area contributed by atoms with Crippen LogP contribution in [0, 0.1) is 17.8 Å². The molecule has 2 amide bonds. The summed E-state index contributed by atoms with van der Waals surface area (Å²) in [5.41, 5.74) is 1.18. The number of nitrogens with one attached hydrogen (secondary N) is 1. The number of rotatable bonds is 4. The highest BCUT2D eigenvalue weighted by molar-refractivity contribution is 5.97. The fourth-order valence-corrected chi connectivity index (χ4v) is 3.70. The molecule has 3 rings (SSSR count). The van der Waals surface area contributed by atoms with Crippen LogP contribution < -0.4 is 5.32 Å². The summed E-state index contributed by atoms with van der Waals surface area (Å²) in [6.07, 6.45) is 6.51. The van der Waals surface area contributed by atoms with E-state index in [1.807, 2.05) is 17.1 Å². The molecule has 1 aliphatic heterocycles. The Labute approximate surface area is 159 Å². The number of anilines is 1. The lowest BCUT2D eigenvalue weighted by Crippen LogP contribution is -2.37. The molecule has 144 valence electrons. The first-order chi connectivity index (χ1) is 13.0. The zero-order valence-electron chi connectivity index (χ0n) is 15.6. The molecule has 27 heavy (non-hydrogen) atoms. The highest BCUT2D eigenvalue weighted by Crippen LogP contribution is 2.27. The molecule has 1 heterocycles. The molecule has 0 spiro atoms. The van der Waals surface area contributed by atoms with E-state index in [9.17, 15) is 19.5 Å². The number of hydrogen-bond acceptors (Lipinski definition) is 3. The third-order valence-corrected chi connectivity index (χ3v) is 5.56. The highest BCUT2D eigenvalue weighted by Gasteiger charge is 2.34. The van der Waals surface area contributed by atoms with Crippen molar-refractivity contribution < 1.29 is 19.5 Å². The summed E-state index contributed by atoms with van der Waals surface area (Å²) in [5.74, 6) is -1.84. The Morgan fingerprint density at radius 2 is 1.59 bits per heavy atom. The predicted molar refractivity (Wildman–Crippen MR) is 102 cm³/mol. The molecule has 0 saturated carbocycles. The molecule has 0 aromatic heterocycles.